The highest BCUT2D eigenvalue weighted by Crippen LogP contribution is 2.36. The molecular weight excluding hydrogens is 483 g/mol. The molecule has 2 aliphatic heterocycles. The van der Waals surface area contributed by atoms with Crippen molar-refractivity contribution in [2.45, 2.75) is 12.1 Å². The Morgan fingerprint density at radius 3 is 2.73 bits per heavy atom. The van der Waals surface area contributed by atoms with Gasteiger partial charge in [0.25, 0.3) is 11.8 Å². The van der Waals surface area contributed by atoms with Crippen LogP contribution >= 0.6 is 0 Å². The van der Waals surface area contributed by atoms with E-state index >= 15 is 0 Å². The van der Waals surface area contributed by atoms with Gasteiger partial charge < -0.3 is 25.1 Å². The first-order valence-electron chi connectivity index (χ1n) is 11.2. The lowest BCUT2D eigenvalue weighted by Gasteiger charge is -2.28. The van der Waals surface area contributed by atoms with Crippen molar-refractivity contribution >= 4 is 34.8 Å². The van der Waals surface area contributed by atoms with Crippen LogP contribution in [-0.4, -0.2) is 46.4 Å². The molecular formula is C25H19FN6O5. The highest BCUT2D eigenvalue weighted by atomic mass is 19.1. The molecule has 1 aromatic carbocycles. The number of methoxy groups -OCH3 is 1. The number of nitrogens with zero attached hydrogens (tertiary/aromatic N) is 3. The van der Waals surface area contributed by atoms with Gasteiger partial charge in [-0.1, -0.05) is 6.07 Å². The summed E-state index contributed by atoms with van der Waals surface area (Å²) in [4.78, 5) is 48.5. The third-order valence-corrected chi connectivity index (χ3v) is 6.52. The minimum absolute atomic E-state index is 0.0345. The normalized spacial score (nSPS) is 18.8. The zero-order chi connectivity index (χ0) is 25.9. The second-order valence-corrected chi connectivity index (χ2v) is 8.75. The van der Waals surface area contributed by atoms with Gasteiger partial charge in [-0.2, -0.15) is 0 Å². The van der Waals surface area contributed by atoms with Gasteiger partial charge in [-0.3, -0.25) is 14.9 Å². The molecule has 0 saturated carbocycles. The van der Waals surface area contributed by atoms with Crippen molar-refractivity contribution in [3.63, 3.8) is 0 Å². The topological polar surface area (TPSA) is 153 Å². The second kappa shape index (κ2) is 8.01. The first kappa shape index (κ1) is 22.5. The maximum Gasteiger partial charge on any atom is 0.322 e. The van der Waals surface area contributed by atoms with Crippen LogP contribution in [0.5, 0.6) is 5.75 Å². The van der Waals surface area contributed by atoms with Crippen molar-refractivity contribution in [2.24, 2.45) is 0 Å². The average Bonchev–Trinajstić information content (AvgIpc) is 3.53. The number of imide groups is 1. The second-order valence-electron chi connectivity index (χ2n) is 8.75. The molecule has 3 aromatic heterocycles. The molecule has 5 heterocycles. The minimum Gasteiger partial charge on any atom is -0.494 e. The van der Waals surface area contributed by atoms with E-state index < -0.39 is 29.2 Å². The molecule has 0 radical (unpaired) electrons. The zero-order valence-electron chi connectivity index (χ0n) is 19.4. The number of furan rings is 1. The van der Waals surface area contributed by atoms with Gasteiger partial charge in [-0.25, -0.2) is 19.2 Å². The molecule has 4 aromatic rings. The number of hydrogen-bond donors (Lipinski definition) is 3. The molecule has 1 fully saturated rings. The predicted molar refractivity (Wildman–Crippen MR) is 128 cm³/mol. The number of carbonyl (C=O) groups is 3. The van der Waals surface area contributed by atoms with Crippen molar-refractivity contribution < 1.29 is 27.9 Å². The van der Waals surface area contributed by atoms with Gasteiger partial charge in [0, 0.05) is 24.4 Å². The fourth-order valence-electron chi connectivity index (χ4n) is 4.67. The van der Waals surface area contributed by atoms with E-state index in [9.17, 15) is 18.8 Å². The number of fused-ring (bicyclic) bond motifs is 2. The van der Waals surface area contributed by atoms with E-state index in [1.807, 2.05) is 0 Å². The summed E-state index contributed by atoms with van der Waals surface area (Å²) in [5, 5.41) is 4.81. The fraction of sp³-hybridized carbons (Fsp3) is 0.160. The molecule has 1 saturated heterocycles. The molecule has 4 N–H and O–H groups in total. The van der Waals surface area contributed by atoms with E-state index in [0.717, 1.165) is 5.56 Å². The minimum atomic E-state index is -1.75. The molecule has 2 aliphatic rings. The van der Waals surface area contributed by atoms with E-state index in [0.29, 0.717) is 28.2 Å². The average molecular weight is 502 g/mol. The molecule has 11 nitrogen and oxygen atoms in total. The summed E-state index contributed by atoms with van der Waals surface area (Å²) in [6.07, 6.45) is 1.58. The standard InChI is InChI=1S/C25H19FN6O5/c1-36-17-5-2-13-10-32(22(33)20(13)21(17)26)11-25(23(34)30-24(35)31-25)18-8-15-16(37-18)6-4-14(29-15)12-3-7-19(27)28-9-12/h2-9H,10-11H2,1H3,(H2,27,28)(H2,30,31,34,35). The lowest BCUT2D eigenvalue weighted by molar-refractivity contribution is -0.125. The quantitative estimate of drug-likeness (QED) is 0.352. The van der Waals surface area contributed by atoms with Crippen LogP contribution in [0.1, 0.15) is 21.7 Å². The molecule has 37 heavy (non-hydrogen) atoms. The molecule has 0 spiro atoms. The van der Waals surface area contributed by atoms with Crippen LogP contribution in [-0.2, 0) is 16.9 Å². The summed E-state index contributed by atoms with van der Waals surface area (Å²) in [6, 6.07) is 10.6. The maximum absolute atomic E-state index is 14.8. The van der Waals surface area contributed by atoms with E-state index in [1.165, 1.54) is 24.1 Å². The highest BCUT2D eigenvalue weighted by molar-refractivity contribution is 6.08. The fourth-order valence-corrected chi connectivity index (χ4v) is 4.67. The Balaban J connectivity index is 1.39. The van der Waals surface area contributed by atoms with E-state index in [1.54, 1.807) is 36.5 Å². The molecule has 1 unspecified atom stereocenters. The summed E-state index contributed by atoms with van der Waals surface area (Å²) < 4.78 is 25.8. The number of carbonyl (C=O) groups excluding carboxylic acids is 3. The number of halogens is 1. The number of urea groups is 1. The summed E-state index contributed by atoms with van der Waals surface area (Å²) in [5.74, 6) is -1.73. The predicted octanol–water partition coefficient (Wildman–Crippen LogP) is 2.31. The van der Waals surface area contributed by atoms with Gasteiger partial charge >= 0.3 is 6.03 Å². The van der Waals surface area contributed by atoms with Gasteiger partial charge in [-0.15, -0.1) is 0 Å². The van der Waals surface area contributed by atoms with E-state index in [4.69, 9.17) is 14.9 Å². The number of anilines is 1. The number of nitrogens with one attached hydrogen (secondary N) is 2. The first-order valence-corrected chi connectivity index (χ1v) is 11.2. The summed E-state index contributed by atoms with van der Waals surface area (Å²) in [7, 11) is 1.31. The number of nitrogen functional groups attached to an aromatic ring is 1. The first-order chi connectivity index (χ1) is 17.8. The van der Waals surface area contributed by atoms with E-state index in [-0.39, 0.29) is 30.2 Å². The lowest BCUT2D eigenvalue weighted by atomic mass is 9.95. The molecule has 186 valence electrons. The number of pyridine rings is 2. The number of amides is 4. The smallest absolute Gasteiger partial charge is 0.322 e. The van der Waals surface area contributed by atoms with Crippen molar-refractivity contribution in [1.82, 2.24) is 25.5 Å². The number of benzene rings is 1. The largest absolute Gasteiger partial charge is 0.494 e. The highest BCUT2D eigenvalue weighted by Gasteiger charge is 2.53. The van der Waals surface area contributed by atoms with Crippen molar-refractivity contribution in [1.29, 1.82) is 0 Å². The number of aromatic nitrogens is 2. The Kier molecular flexibility index (Phi) is 4.87. The summed E-state index contributed by atoms with van der Waals surface area (Å²) >= 11 is 0. The SMILES string of the molecule is COc1ccc2c(c1F)C(=O)N(CC1(c3cc4nc(-c5ccc(N)nc5)ccc4o3)NC(=O)NC1=O)C2. The third kappa shape index (κ3) is 3.44. The van der Waals surface area contributed by atoms with E-state index in [2.05, 4.69) is 20.6 Å². The monoisotopic (exact) mass is 502 g/mol. The number of hydrogen-bond acceptors (Lipinski definition) is 8. The molecule has 6 rings (SSSR count). The Hall–Kier alpha value is -5.00. The molecule has 4 amide bonds. The number of rotatable bonds is 5. The lowest BCUT2D eigenvalue weighted by Crippen LogP contribution is -2.52. The Morgan fingerprint density at radius 2 is 2.03 bits per heavy atom. The van der Waals surface area contributed by atoms with Crippen molar-refractivity contribution in [3.8, 4) is 17.0 Å². The van der Waals surface area contributed by atoms with Gasteiger partial charge in [0.05, 0.1) is 24.9 Å². The van der Waals surface area contributed by atoms with Crippen LogP contribution in [0.4, 0.5) is 15.0 Å². The zero-order valence-corrected chi connectivity index (χ0v) is 19.4. The maximum atomic E-state index is 14.8. The van der Waals surface area contributed by atoms with Crippen LogP contribution in [0.15, 0.2) is 53.1 Å². The van der Waals surface area contributed by atoms with Crippen LogP contribution in [0, 0.1) is 5.82 Å². The molecule has 1 atom stereocenters. The van der Waals surface area contributed by atoms with Crippen LogP contribution in [0.25, 0.3) is 22.4 Å². The number of nitrogens with two attached hydrogens (primary N) is 1. The Labute approximate surface area is 208 Å². The van der Waals surface area contributed by atoms with Gasteiger partial charge in [-0.05, 0) is 35.9 Å². The van der Waals surface area contributed by atoms with Crippen molar-refractivity contribution in [2.75, 3.05) is 19.4 Å². The van der Waals surface area contributed by atoms with Gasteiger partial charge in [0.2, 0.25) is 0 Å². The van der Waals surface area contributed by atoms with Crippen LogP contribution in [0.2, 0.25) is 0 Å². The molecule has 12 heteroatoms. The molecule has 0 aliphatic carbocycles. The number of ether oxygens (including phenoxy) is 1. The Morgan fingerprint density at radius 1 is 1.19 bits per heavy atom. The van der Waals surface area contributed by atoms with Crippen LogP contribution in [0.3, 0.4) is 0 Å². The molecule has 0 bridgehead atoms. The van der Waals surface area contributed by atoms with Crippen LogP contribution < -0.4 is 21.1 Å². The summed E-state index contributed by atoms with van der Waals surface area (Å²) in [5.41, 5.74) is 6.32. The van der Waals surface area contributed by atoms with Gasteiger partial charge in [0.15, 0.2) is 22.7 Å². The van der Waals surface area contributed by atoms with Gasteiger partial charge in [0.1, 0.15) is 17.1 Å². The summed E-state index contributed by atoms with van der Waals surface area (Å²) in [6.45, 7) is -0.263. The Bertz CT molecular complexity index is 1620. The third-order valence-electron chi connectivity index (χ3n) is 6.52. The van der Waals surface area contributed by atoms with Crippen molar-refractivity contribution in [3.05, 3.63) is 71.4 Å².